The Morgan fingerprint density at radius 2 is 1.69 bits per heavy atom. The molecule has 1 fully saturated rings. The molecular formula is C24H20Cl2INO3S. The van der Waals surface area contributed by atoms with Gasteiger partial charge in [0.05, 0.1) is 15.9 Å². The van der Waals surface area contributed by atoms with E-state index in [0.717, 1.165) is 20.4 Å². The van der Waals surface area contributed by atoms with Crippen molar-refractivity contribution in [2.24, 2.45) is 0 Å². The molecule has 3 aromatic carbocycles. The molecule has 1 heterocycles. The topological polar surface area (TPSA) is 38.8 Å². The van der Waals surface area contributed by atoms with Gasteiger partial charge < -0.3 is 9.47 Å². The van der Waals surface area contributed by atoms with Crippen LogP contribution in [0.1, 0.15) is 23.4 Å². The van der Waals surface area contributed by atoms with Crippen LogP contribution in [-0.2, 0) is 11.4 Å². The number of halogens is 3. The number of nitrogens with zero attached hydrogens (tertiary/aromatic N) is 1. The number of carbonyl (C=O) groups excluding carboxylic acids is 1. The maximum Gasteiger partial charge on any atom is 0.238 e. The van der Waals surface area contributed by atoms with E-state index in [1.165, 1.54) is 0 Å². The summed E-state index contributed by atoms with van der Waals surface area (Å²) in [5.74, 6) is 1.85. The molecule has 0 aliphatic carbocycles. The van der Waals surface area contributed by atoms with Crippen molar-refractivity contribution < 1.29 is 14.3 Å². The Kier molecular flexibility index (Phi) is 7.76. The van der Waals surface area contributed by atoms with Gasteiger partial charge in [-0.3, -0.25) is 9.69 Å². The summed E-state index contributed by atoms with van der Waals surface area (Å²) in [5.41, 5.74) is 2.83. The van der Waals surface area contributed by atoms with Gasteiger partial charge in [-0.2, -0.15) is 0 Å². The molecule has 166 valence electrons. The Morgan fingerprint density at radius 3 is 2.34 bits per heavy atom. The van der Waals surface area contributed by atoms with E-state index in [1.807, 2.05) is 54.3 Å². The lowest BCUT2D eigenvalue weighted by Gasteiger charge is -2.25. The van der Waals surface area contributed by atoms with E-state index in [1.54, 1.807) is 23.9 Å². The van der Waals surface area contributed by atoms with Crippen molar-refractivity contribution in [2.75, 3.05) is 17.3 Å². The summed E-state index contributed by atoms with van der Waals surface area (Å²) in [7, 11) is 0. The van der Waals surface area contributed by atoms with Crippen LogP contribution < -0.4 is 14.4 Å². The van der Waals surface area contributed by atoms with Crippen molar-refractivity contribution in [3.05, 3.63) is 85.4 Å². The van der Waals surface area contributed by atoms with Crippen molar-refractivity contribution in [3.63, 3.8) is 0 Å². The molecule has 1 amide bonds. The Labute approximate surface area is 215 Å². The van der Waals surface area contributed by atoms with Gasteiger partial charge in [-0.1, -0.05) is 35.3 Å². The minimum Gasteiger partial charge on any atom is -0.490 e. The van der Waals surface area contributed by atoms with Crippen LogP contribution in [0.15, 0.2) is 60.7 Å². The second-order valence-electron chi connectivity index (χ2n) is 7.08. The molecule has 1 atom stereocenters. The van der Waals surface area contributed by atoms with Gasteiger partial charge in [0, 0.05) is 15.7 Å². The highest BCUT2D eigenvalue weighted by molar-refractivity contribution is 14.1. The maximum atomic E-state index is 12.7. The number of hydrogen-bond donors (Lipinski definition) is 0. The molecule has 0 saturated carbocycles. The summed E-state index contributed by atoms with van der Waals surface area (Å²) in [6.45, 7) is 2.85. The highest BCUT2D eigenvalue weighted by Crippen LogP contribution is 2.45. The first kappa shape index (κ1) is 23.5. The molecule has 3 aromatic rings. The number of hydrogen-bond acceptors (Lipinski definition) is 4. The zero-order valence-corrected chi connectivity index (χ0v) is 21.7. The van der Waals surface area contributed by atoms with Gasteiger partial charge in [0.1, 0.15) is 12.0 Å². The molecular weight excluding hydrogens is 580 g/mol. The van der Waals surface area contributed by atoms with Crippen molar-refractivity contribution in [1.29, 1.82) is 0 Å². The summed E-state index contributed by atoms with van der Waals surface area (Å²) >= 11 is 15.9. The average Bonchev–Trinajstić information content (AvgIpc) is 3.16. The van der Waals surface area contributed by atoms with Crippen molar-refractivity contribution >= 4 is 69.1 Å². The molecule has 0 spiro atoms. The third-order valence-corrected chi connectivity index (χ3v) is 7.40. The summed E-state index contributed by atoms with van der Waals surface area (Å²) in [4.78, 5) is 14.5. The van der Waals surface area contributed by atoms with Gasteiger partial charge >= 0.3 is 0 Å². The Balaban J connectivity index is 1.63. The second-order valence-corrected chi connectivity index (χ2v) is 10.2. The van der Waals surface area contributed by atoms with Gasteiger partial charge in [0.25, 0.3) is 0 Å². The van der Waals surface area contributed by atoms with E-state index in [-0.39, 0.29) is 11.3 Å². The van der Waals surface area contributed by atoms with Crippen LogP contribution in [0.2, 0.25) is 10.0 Å². The molecule has 0 aromatic heterocycles. The molecule has 0 unspecified atom stereocenters. The first-order valence-corrected chi connectivity index (χ1v) is 12.9. The summed E-state index contributed by atoms with van der Waals surface area (Å²) in [5, 5.41) is 1.18. The van der Waals surface area contributed by atoms with Gasteiger partial charge in [-0.25, -0.2) is 0 Å². The highest BCUT2D eigenvalue weighted by Gasteiger charge is 2.35. The number of anilines is 1. The van der Waals surface area contributed by atoms with Crippen molar-refractivity contribution in [1.82, 2.24) is 0 Å². The Morgan fingerprint density at radius 1 is 1.03 bits per heavy atom. The van der Waals surface area contributed by atoms with E-state index in [9.17, 15) is 4.79 Å². The summed E-state index contributed by atoms with van der Waals surface area (Å²) in [6, 6.07) is 18.9. The zero-order valence-electron chi connectivity index (χ0n) is 17.2. The van der Waals surface area contributed by atoms with Crippen LogP contribution in [0.25, 0.3) is 0 Å². The van der Waals surface area contributed by atoms with E-state index in [2.05, 4.69) is 28.7 Å². The van der Waals surface area contributed by atoms with Gasteiger partial charge in [0.2, 0.25) is 5.91 Å². The van der Waals surface area contributed by atoms with E-state index in [0.29, 0.717) is 40.5 Å². The fraction of sp³-hybridized carbons (Fsp3) is 0.208. The number of carbonyl (C=O) groups is 1. The molecule has 4 nitrogen and oxygen atoms in total. The lowest BCUT2D eigenvalue weighted by molar-refractivity contribution is -0.115. The van der Waals surface area contributed by atoms with E-state index in [4.69, 9.17) is 32.7 Å². The first-order chi connectivity index (χ1) is 15.5. The largest absolute Gasteiger partial charge is 0.490 e. The molecule has 0 bridgehead atoms. The molecule has 1 aliphatic heterocycles. The fourth-order valence-corrected chi connectivity index (χ4v) is 5.61. The Hall–Kier alpha value is -1.61. The molecule has 0 N–H and O–H groups in total. The van der Waals surface area contributed by atoms with Crippen LogP contribution in [0, 0.1) is 3.57 Å². The van der Waals surface area contributed by atoms with E-state index >= 15 is 0 Å². The molecule has 32 heavy (non-hydrogen) atoms. The monoisotopic (exact) mass is 599 g/mol. The number of rotatable bonds is 7. The number of amides is 1. The van der Waals surface area contributed by atoms with E-state index < -0.39 is 0 Å². The fourth-order valence-electron chi connectivity index (χ4n) is 3.42. The SMILES string of the molecule is CCOc1cc([C@@H]2SCC(=O)N2c2ccc(Cl)cc2)cc(I)c1OCc1ccc(Cl)cc1. The van der Waals surface area contributed by atoms with Gasteiger partial charge in [-0.05, 0) is 89.2 Å². The maximum absolute atomic E-state index is 12.7. The highest BCUT2D eigenvalue weighted by atomic mass is 127. The van der Waals surface area contributed by atoms with Crippen LogP contribution >= 0.6 is 57.6 Å². The van der Waals surface area contributed by atoms with Gasteiger partial charge in [0.15, 0.2) is 11.5 Å². The molecule has 1 aliphatic rings. The first-order valence-electron chi connectivity index (χ1n) is 9.99. The molecule has 1 saturated heterocycles. The lowest BCUT2D eigenvalue weighted by atomic mass is 10.1. The predicted octanol–water partition coefficient (Wildman–Crippen LogP) is 7.35. The van der Waals surface area contributed by atoms with Crippen molar-refractivity contribution in [3.8, 4) is 11.5 Å². The van der Waals surface area contributed by atoms with Crippen LogP contribution in [0.5, 0.6) is 11.5 Å². The van der Waals surface area contributed by atoms with Crippen LogP contribution in [0.4, 0.5) is 5.69 Å². The Bertz CT molecular complexity index is 1110. The lowest BCUT2D eigenvalue weighted by Crippen LogP contribution is -2.27. The summed E-state index contributed by atoms with van der Waals surface area (Å²) < 4.78 is 13.0. The molecule has 8 heteroatoms. The van der Waals surface area contributed by atoms with Crippen molar-refractivity contribution in [2.45, 2.75) is 18.9 Å². The average molecular weight is 600 g/mol. The minimum atomic E-state index is -0.151. The van der Waals surface area contributed by atoms with Crippen LogP contribution in [-0.4, -0.2) is 18.3 Å². The second kappa shape index (κ2) is 10.5. The summed E-state index contributed by atoms with van der Waals surface area (Å²) in [6.07, 6.45) is 0. The minimum absolute atomic E-state index is 0.0679. The quantitative estimate of drug-likeness (QED) is 0.266. The molecule has 0 radical (unpaired) electrons. The number of thioether (sulfide) groups is 1. The molecule has 4 rings (SSSR count). The number of benzene rings is 3. The predicted molar refractivity (Wildman–Crippen MR) is 140 cm³/mol. The smallest absolute Gasteiger partial charge is 0.238 e. The standard InChI is InChI=1S/C24H20Cl2INO3S/c1-2-30-21-12-16(11-20(27)23(21)31-13-15-3-5-17(25)6-4-15)24-28(22(29)14-32-24)19-9-7-18(26)8-10-19/h3-12,24H,2,13-14H2,1H3/t24-/m0/s1. The van der Waals surface area contributed by atoms with Gasteiger partial charge in [-0.15, -0.1) is 11.8 Å². The third-order valence-electron chi connectivity index (χ3n) is 4.89. The normalized spacial score (nSPS) is 15.8. The number of ether oxygens (including phenoxy) is 2. The van der Waals surface area contributed by atoms with Crippen LogP contribution in [0.3, 0.4) is 0 Å². The zero-order chi connectivity index (χ0) is 22.7. The third kappa shape index (κ3) is 5.30.